The van der Waals surface area contributed by atoms with Crippen LogP contribution in [-0.4, -0.2) is 40.1 Å². The number of carbonyl (C=O) groups is 2. The van der Waals surface area contributed by atoms with Gasteiger partial charge in [-0.25, -0.2) is 4.79 Å². The summed E-state index contributed by atoms with van der Waals surface area (Å²) in [7, 11) is 0. The Labute approximate surface area is 197 Å². The number of rotatable bonds is 6. The molecular weight excluding hydrogens is 414 g/mol. The smallest absolute Gasteiger partial charge is 0.408 e. The van der Waals surface area contributed by atoms with Crippen LogP contribution in [0.1, 0.15) is 69.7 Å². The van der Waals surface area contributed by atoms with Crippen LogP contribution in [0.25, 0.3) is 6.08 Å². The SMILES string of the molecule is C/C=C/c1ccc(C[C@H](NC(=O)OC(C)(C)C)C(=O)N2CCCC[C@@H]2c2cccnc2)cc1. The highest BCUT2D eigenvalue weighted by Gasteiger charge is 2.34. The van der Waals surface area contributed by atoms with Gasteiger partial charge >= 0.3 is 6.09 Å². The molecule has 6 heteroatoms. The lowest BCUT2D eigenvalue weighted by Gasteiger charge is -2.38. The minimum Gasteiger partial charge on any atom is -0.444 e. The molecule has 3 rings (SSSR count). The van der Waals surface area contributed by atoms with Gasteiger partial charge in [0, 0.05) is 25.4 Å². The van der Waals surface area contributed by atoms with E-state index in [2.05, 4.69) is 10.3 Å². The number of piperidine rings is 1. The molecule has 1 fully saturated rings. The Morgan fingerprint density at radius 3 is 2.61 bits per heavy atom. The van der Waals surface area contributed by atoms with Gasteiger partial charge in [-0.3, -0.25) is 9.78 Å². The van der Waals surface area contributed by atoms with Crippen molar-refractivity contribution >= 4 is 18.1 Å². The van der Waals surface area contributed by atoms with Crippen molar-refractivity contribution in [2.24, 2.45) is 0 Å². The van der Waals surface area contributed by atoms with Gasteiger partial charge in [-0.2, -0.15) is 0 Å². The standard InChI is InChI=1S/C27H35N3O3/c1-5-9-20-12-14-21(15-13-20)18-23(29-26(32)33-27(2,3)4)25(31)30-17-7-6-11-24(30)22-10-8-16-28-19-22/h5,8-10,12-16,19,23-24H,6-7,11,17-18H2,1-4H3,(H,29,32)/b9-5+/t23-,24+/m0/s1. The maximum atomic E-state index is 13.8. The van der Waals surface area contributed by atoms with Crippen LogP contribution < -0.4 is 5.32 Å². The van der Waals surface area contributed by atoms with Gasteiger partial charge in [-0.05, 0) is 69.7 Å². The van der Waals surface area contributed by atoms with E-state index in [1.165, 1.54) is 0 Å². The molecule has 0 spiro atoms. The topological polar surface area (TPSA) is 71.5 Å². The van der Waals surface area contributed by atoms with Crippen LogP contribution in [0, 0.1) is 0 Å². The van der Waals surface area contributed by atoms with Crippen molar-refractivity contribution in [2.45, 2.75) is 71.1 Å². The third kappa shape index (κ3) is 7.17. The van der Waals surface area contributed by atoms with E-state index in [1.54, 1.807) is 6.20 Å². The predicted octanol–water partition coefficient (Wildman–Crippen LogP) is 5.30. The number of aromatic nitrogens is 1. The zero-order chi connectivity index (χ0) is 23.8. The molecule has 1 aliphatic heterocycles. The molecule has 2 amide bonds. The summed E-state index contributed by atoms with van der Waals surface area (Å²) in [6, 6.07) is 11.2. The molecule has 1 aromatic carbocycles. The molecular formula is C27H35N3O3. The van der Waals surface area contributed by atoms with Gasteiger partial charge in [0.2, 0.25) is 5.91 Å². The lowest BCUT2D eigenvalue weighted by Crippen LogP contribution is -2.52. The number of allylic oxidation sites excluding steroid dienone is 1. The molecule has 0 bridgehead atoms. The molecule has 0 radical (unpaired) electrons. The van der Waals surface area contributed by atoms with Crippen LogP contribution in [-0.2, 0) is 16.0 Å². The molecule has 2 aromatic rings. The van der Waals surface area contributed by atoms with Crippen molar-refractivity contribution in [1.29, 1.82) is 0 Å². The molecule has 0 unspecified atom stereocenters. The summed E-state index contributed by atoms with van der Waals surface area (Å²) in [5, 5.41) is 2.85. The highest BCUT2D eigenvalue weighted by Crippen LogP contribution is 2.31. The van der Waals surface area contributed by atoms with Gasteiger partial charge < -0.3 is 15.0 Å². The zero-order valence-corrected chi connectivity index (χ0v) is 20.1. The Kier molecular flexibility index (Phi) is 8.26. The second-order valence-corrected chi connectivity index (χ2v) is 9.47. The third-order valence-electron chi connectivity index (χ3n) is 5.62. The van der Waals surface area contributed by atoms with E-state index in [0.29, 0.717) is 13.0 Å². The van der Waals surface area contributed by atoms with E-state index in [4.69, 9.17) is 4.74 Å². The summed E-state index contributed by atoms with van der Waals surface area (Å²) >= 11 is 0. The lowest BCUT2D eigenvalue weighted by molar-refractivity contribution is -0.137. The molecule has 0 aliphatic carbocycles. The number of hydrogen-bond acceptors (Lipinski definition) is 4. The molecule has 33 heavy (non-hydrogen) atoms. The molecule has 6 nitrogen and oxygen atoms in total. The second kappa shape index (κ2) is 11.1. The summed E-state index contributed by atoms with van der Waals surface area (Å²) in [5.41, 5.74) is 2.46. The average Bonchev–Trinajstić information content (AvgIpc) is 2.79. The number of likely N-dealkylation sites (tertiary alicyclic amines) is 1. The molecule has 1 saturated heterocycles. The van der Waals surface area contributed by atoms with E-state index >= 15 is 0 Å². The third-order valence-corrected chi connectivity index (χ3v) is 5.62. The first kappa shape index (κ1) is 24.5. The van der Waals surface area contributed by atoms with E-state index in [0.717, 1.165) is 36.0 Å². The summed E-state index contributed by atoms with van der Waals surface area (Å²) in [4.78, 5) is 32.5. The van der Waals surface area contributed by atoms with E-state index in [9.17, 15) is 9.59 Å². The van der Waals surface area contributed by atoms with Crippen molar-refractivity contribution < 1.29 is 14.3 Å². The lowest BCUT2D eigenvalue weighted by atomic mass is 9.94. The quantitative estimate of drug-likeness (QED) is 0.649. The van der Waals surface area contributed by atoms with Gasteiger partial charge in [0.05, 0.1) is 6.04 Å². The van der Waals surface area contributed by atoms with Crippen LogP contribution in [0.5, 0.6) is 0 Å². The molecule has 1 aromatic heterocycles. The molecule has 2 atom stereocenters. The summed E-state index contributed by atoms with van der Waals surface area (Å²) in [6.07, 6.45) is 10.3. The van der Waals surface area contributed by atoms with Crippen molar-refractivity contribution in [3.63, 3.8) is 0 Å². The largest absolute Gasteiger partial charge is 0.444 e. The van der Waals surface area contributed by atoms with Crippen molar-refractivity contribution in [1.82, 2.24) is 15.2 Å². The van der Waals surface area contributed by atoms with Crippen molar-refractivity contribution in [2.75, 3.05) is 6.54 Å². The zero-order valence-electron chi connectivity index (χ0n) is 20.1. The fraction of sp³-hybridized carbons (Fsp3) is 0.444. The number of pyridine rings is 1. The number of nitrogens with one attached hydrogen (secondary N) is 1. The Bertz CT molecular complexity index is 949. The number of carbonyl (C=O) groups excluding carboxylic acids is 2. The van der Waals surface area contributed by atoms with Crippen LogP contribution in [0.15, 0.2) is 54.9 Å². The van der Waals surface area contributed by atoms with E-state index in [1.807, 2.05) is 87.3 Å². The Morgan fingerprint density at radius 2 is 1.97 bits per heavy atom. The molecule has 1 aliphatic rings. The number of ether oxygens (including phenoxy) is 1. The summed E-state index contributed by atoms with van der Waals surface area (Å²) in [5.74, 6) is -0.0908. The van der Waals surface area contributed by atoms with Crippen LogP contribution in [0.4, 0.5) is 4.79 Å². The molecule has 1 N–H and O–H groups in total. The fourth-order valence-corrected chi connectivity index (χ4v) is 4.16. The van der Waals surface area contributed by atoms with Gasteiger partial charge in [-0.15, -0.1) is 0 Å². The molecule has 176 valence electrons. The molecule has 0 saturated carbocycles. The Morgan fingerprint density at radius 1 is 1.21 bits per heavy atom. The number of hydrogen-bond donors (Lipinski definition) is 1. The summed E-state index contributed by atoms with van der Waals surface area (Å²) in [6.45, 7) is 8.07. The van der Waals surface area contributed by atoms with Gasteiger partial charge in [0.15, 0.2) is 0 Å². The highest BCUT2D eigenvalue weighted by atomic mass is 16.6. The predicted molar refractivity (Wildman–Crippen MR) is 131 cm³/mol. The Balaban J connectivity index is 1.84. The molecule has 2 heterocycles. The van der Waals surface area contributed by atoms with Crippen molar-refractivity contribution in [3.8, 4) is 0 Å². The fourth-order valence-electron chi connectivity index (χ4n) is 4.16. The van der Waals surface area contributed by atoms with Crippen LogP contribution >= 0.6 is 0 Å². The first-order chi connectivity index (χ1) is 15.8. The number of nitrogens with zero attached hydrogens (tertiary/aromatic N) is 2. The average molecular weight is 450 g/mol. The van der Waals surface area contributed by atoms with Crippen LogP contribution in [0.2, 0.25) is 0 Å². The normalized spacial score (nSPS) is 17.6. The monoisotopic (exact) mass is 449 g/mol. The number of alkyl carbamates (subject to hydrolysis) is 1. The maximum Gasteiger partial charge on any atom is 0.408 e. The number of amides is 2. The summed E-state index contributed by atoms with van der Waals surface area (Å²) < 4.78 is 5.47. The van der Waals surface area contributed by atoms with Crippen molar-refractivity contribution in [3.05, 3.63) is 71.6 Å². The Hall–Kier alpha value is -3.15. The first-order valence-corrected chi connectivity index (χ1v) is 11.7. The minimum absolute atomic E-state index is 0.0417. The van der Waals surface area contributed by atoms with Gasteiger partial charge in [0.25, 0.3) is 0 Å². The van der Waals surface area contributed by atoms with E-state index in [-0.39, 0.29) is 11.9 Å². The highest BCUT2D eigenvalue weighted by molar-refractivity contribution is 5.86. The first-order valence-electron chi connectivity index (χ1n) is 11.7. The van der Waals surface area contributed by atoms with Gasteiger partial charge in [0.1, 0.15) is 11.6 Å². The number of benzene rings is 1. The van der Waals surface area contributed by atoms with Gasteiger partial charge in [-0.1, -0.05) is 42.5 Å². The van der Waals surface area contributed by atoms with E-state index < -0.39 is 17.7 Å². The second-order valence-electron chi connectivity index (χ2n) is 9.47. The maximum absolute atomic E-state index is 13.8. The van der Waals surface area contributed by atoms with Crippen LogP contribution in [0.3, 0.4) is 0 Å². The minimum atomic E-state index is -0.718.